The van der Waals surface area contributed by atoms with Gasteiger partial charge in [-0.1, -0.05) is 12.1 Å². The van der Waals surface area contributed by atoms with Crippen LogP contribution in [0.4, 0.5) is 0 Å². The summed E-state index contributed by atoms with van der Waals surface area (Å²) in [5, 5.41) is 4.06. The predicted molar refractivity (Wildman–Crippen MR) is 84.3 cm³/mol. The molecule has 0 aliphatic heterocycles. The van der Waals surface area contributed by atoms with Crippen LogP contribution in [0.2, 0.25) is 0 Å². The number of hydrogen-bond acceptors (Lipinski definition) is 5. The molecule has 1 heterocycles. The predicted octanol–water partition coefficient (Wildman–Crippen LogP) is 1.61. The standard InChI is InChI=1S/C16H17N3O4/c1-10(18-19-16(21)13-7-8-22-11(13)2)12-5-3-4-6-14(12)23-9-15(17)20/h3-8H,9H2,1-2H3,(H2,17,20)(H,19,21)/b18-10+. The van der Waals surface area contributed by atoms with Crippen molar-refractivity contribution in [3.05, 3.63) is 53.5 Å². The van der Waals surface area contributed by atoms with E-state index in [9.17, 15) is 9.59 Å². The average Bonchev–Trinajstić information content (AvgIpc) is 2.96. The first-order valence-electron chi connectivity index (χ1n) is 6.88. The molecule has 0 atom stereocenters. The summed E-state index contributed by atoms with van der Waals surface area (Å²) in [6, 6.07) is 8.59. The Kier molecular flexibility index (Phi) is 5.14. The van der Waals surface area contributed by atoms with E-state index in [4.69, 9.17) is 14.9 Å². The molecule has 1 aromatic carbocycles. The number of rotatable bonds is 6. The molecule has 0 unspecified atom stereocenters. The van der Waals surface area contributed by atoms with Crippen molar-refractivity contribution in [3.63, 3.8) is 0 Å². The maximum Gasteiger partial charge on any atom is 0.274 e. The maximum atomic E-state index is 12.0. The first-order chi connectivity index (χ1) is 11.0. The minimum absolute atomic E-state index is 0.231. The molecule has 0 saturated carbocycles. The molecule has 3 N–H and O–H groups in total. The van der Waals surface area contributed by atoms with Crippen LogP contribution in [-0.4, -0.2) is 24.1 Å². The van der Waals surface area contributed by atoms with Crippen molar-refractivity contribution in [2.45, 2.75) is 13.8 Å². The minimum atomic E-state index is -0.571. The highest BCUT2D eigenvalue weighted by molar-refractivity contribution is 6.02. The van der Waals surface area contributed by atoms with Gasteiger partial charge in [0, 0.05) is 5.56 Å². The maximum absolute atomic E-state index is 12.0. The van der Waals surface area contributed by atoms with Gasteiger partial charge in [-0.3, -0.25) is 9.59 Å². The Morgan fingerprint density at radius 3 is 2.65 bits per heavy atom. The van der Waals surface area contributed by atoms with Gasteiger partial charge in [0.2, 0.25) is 0 Å². The van der Waals surface area contributed by atoms with E-state index in [0.29, 0.717) is 28.3 Å². The van der Waals surface area contributed by atoms with Crippen molar-refractivity contribution in [3.8, 4) is 5.75 Å². The number of primary amides is 1. The Bertz CT molecular complexity index is 749. The van der Waals surface area contributed by atoms with Gasteiger partial charge in [0.15, 0.2) is 6.61 Å². The number of aryl methyl sites for hydroxylation is 1. The lowest BCUT2D eigenvalue weighted by atomic mass is 10.1. The summed E-state index contributed by atoms with van der Waals surface area (Å²) in [7, 11) is 0. The third-order valence-electron chi connectivity index (χ3n) is 3.08. The third-order valence-corrected chi connectivity index (χ3v) is 3.08. The summed E-state index contributed by atoms with van der Waals surface area (Å²) >= 11 is 0. The zero-order chi connectivity index (χ0) is 16.8. The van der Waals surface area contributed by atoms with E-state index in [1.165, 1.54) is 6.26 Å². The molecule has 0 spiro atoms. The molecule has 0 aliphatic rings. The Morgan fingerprint density at radius 2 is 2.00 bits per heavy atom. The van der Waals surface area contributed by atoms with Gasteiger partial charge < -0.3 is 14.9 Å². The SMILES string of the molecule is C/C(=N\NC(=O)c1ccoc1C)c1ccccc1OCC(N)=O. The van der Waals surface area contributed by atoms with Gasteiger partial charge in [-0.2, -0.15) is 5.10 Å². The van der Waals surface area contributed by atoms with Gasteiger partial charge in [-0.05, 0) is 32.0 Å². The summed E-state index contributed by atoms with van der Waals surface area (Å²) in [4.78, 5) is 22.8. The second-order valence-electron chi connectivity index (χ2n) is 4.78. The van der Waals surface area contributed by atoms with E-state index in [2.05, 4.69) is 10.5 Å². The van der Waals surface area contributed by atoms with E-state index in [0.717, 1.165) is 0 Å². The van der Waals surface area contributed by atoms with Crippen LogP contribution in [0.25, 0.3) is 0 Å². The number of nitrogens with one attached hydrogen (secondary N) is 1. The number of hydrogen-bond donors (Lipinski definition) is 2. The van der Waals surface area contributed by atoms with E-state index >= 15 is 0 Å². The zero-order valence-corrected chi connectivity index (χ0v) is 12.8. The number of carbonyl (C=O) groups is 2. The zero-order valence-electron chi connectivity index (χ0n) is 12.8. The Morgan fingerprint density at radius 1 is 1.26 bits per heavy atom. The van der Waals surface area contributed by atoms with E-state index < -0.39 is 5.91 Å². The van der Waals surface area contributed by atoms with Gasteiger partial charge in [0.05, 0.1) is 17.5 Å². The normalized spacial score (nSPS) is 11.1. The highest BCUT2D eigenvalue weighted by atomic mass is 16.5. The number of benzene rings is 1. The summed E-state index contributed by atoms with van der Waals surface area (Å²) in [6.07, 6.45) is 1.44. The van der Waals surface area contributed by atoms with Gasteiger partial charge in [0.1, 0.15) is 11.5 Å². The lowest BCUT2D eigenvalue weighted by Gasteiger charge is -2.10. The first-order valence-corrected chi connectivity index (χ1v) is 6.88. The molecule has 0 radical (unpaired) electrons. The molecule has 7 heteroatoms. The van der Waals surface area contributed by atoms with Crippen molar-refractivity contribution in [1.29, 1.82) is 0 Å². The molecule has 2 aromatic rings. The Labute approximate surface area is 133 Å². The average molecular weight is 315 g/mol. The van der Waals surface area contributed by atoms with E-state index in [1.54, 1.807) is 44.2 Å². The van der Waals surface area contributed by atoms with Crippen LogP contribution in [0, 0.1) is 6.92 Å². The number of hydrazone groups is 1. The lowest BCUT2D eigenvalue weighted by Crippen LogP contribution is -2.21. The van der Waals surface area contributed by atoms with Gasteiger partial charge >= 0.3 is 0 Å². The molecule has 0 fully saturated rings. The molecule has 0 bridgehead atoms. The molecular formula is C16H17N3O4. The highest BCUT2D eigenvalue weighted by Crippen LogP contribution is 2.18. The molecule has 1 aromatic heterocycles. The van der Waals surface area contributed by atoms with Gasteiger partial charge in [-0.25, -0.2) is 5.43 Å². The number of carbonyl (C=O) groups excluding carboxylic acids is 2. The molecule has 7 nitrogen and oxygen atoms in total. The van der Waals surface area contributed by atoms with Gasteiger partial charge in [0.25, 0.3) is 11.8 Å². The van der Waals surface area contributed by atoms with Crippen LogP contribution < -0.4 is 15.9 Å². The number of amides is 2. The summed E-state index contributed by atoms with van der Waals surface area (Å²) in [5.74, 6) is 0.0334. The largest absolute Gasteiger partial charge is 0.483 e. The number of nitrogens with zero attached hydrogens (tertiary/aromatic N) is 1. The van der Waals surface area contributed by atoms with Crippen LogP contribution in [0.1, 0.15) is 28.6 Å². The fraction of sp³-hybridized carbons (Fsp3) is 0.188. The molecule has 0 aliphatic carbocycles. The second-order valence-corrected chi connectivity index (χ2v) is 4.78. The Hall–Kier alpha value is -3.09. The number of para-hydroxylation sites is 1. The molecule has 2 rings (SSSR count). The third kappa shape index (κ3) is 4.19. The van der Waals surface area contributed by atoms with Crippen molar-refractivity contribution in [1.82, 2.24) is 5.43 Å². The summed E-state index contributed by atoms with van der Waals surface area (Å²) in [6.45, 7) is 3.18. The molecule has 120 valence electrons. The summed E-state index contributed by atoms with van der Waals surface area (Å²) in [5.41, 5.74) is 9.13. The molecule has 2 amide bonds. The number of furan rings is 1. The highest BCUT2D eigenvalue weighted by Gasteiger charge is 2.12. The van der Waals surface area contributed by atoms with Crippen LogP contribution in [0.3, 0.4) is 0 Å². The van der Waals surface area contributed by atoms with Crippen molar-refractivity contribution in [2.75, 3.05) is 6.61 Å². The van der Waals surface area contributed by atoms with Crippen LogP contribution in [-0.2, 0) is 4.79 Å². The smallest absolute Gasteiger partial charge is 0.274 e. The Balaban J connectivity index is 2.13. The van der Waals surface area contributed by atoms with Crippen molar-refractivity contribution < 1.29 is 18.7 Å². The lowest BCUT2D eigenvalue weighted by molar-refractivity contribution is -0.119. The van der Waals surface area contributed by atoms with Crippen LogP contribution >= 0.6 is 0 Å². The number of ether oxygens (including phenoxy) is 1. The first kappa shape index (κ1) is 16.3. The molecule has 23 heavy (non-hydrogen) atoms. The van der Waals surface area contributed by atoms with Crippen molar-refractivity contribution in [2.24, 2.45) is 10.8 Å². The van der Waals surface area contributed by atoms with Gasteiger partial charge in [-0.15, -0.1) is 0 Å². The molecular weight excluding hydrogens is 298 g/mol. The second kappa shape index (κ2) is 7.26. The summed E-state index contributed by atoms with van der Waals surface area (Å²) < 4.78 is 10.4. The van der Waals surface area contributed by atoms with Crippen LogP contribution in [0.15, 0.2) is 46.1 Å². The monoisotopic (exact) mass is 315 g/mol. The number of nitrogens with two attached hydrogens (primary N) is 1. The fourth-order valence-corrected chi connectivity index (χ4v) is 1.92. The quantitative estimate of drug-likeness (QED) is 0.623. The van der Waals surface area contributed by atoms with E-state index in [-0.39, 0.29) is 12.5 Å². The van der Waals surface area contributed by atoms with E-state index in [1.807, 2.05) is 0 Å². The van der Waals surface area contributed by atoms with Crippen LogP contribution in [0.5, 0.6) is 5.75 Å². The minimum Gasteiger partial charge on any atom is -0.483 e. The van der Waals surface area contributed by atoms with Crippen molar-refractivity contribution >= 4 is 17.5 Å². The topological polar surface area (TPSA) is 107 Å². The molecule has 0 saturated heterocycles. The fourth-order valence-electron chi connectivity index (χ4n) is 1.92.